The highest BCUT2D eigenvalue weighted by Gasteiger charge is 2.26. The molecule has 6 nitrogen and oxygen atoms in total. The Bertz CT molecular complexity index is 693. The van der Waals surface area contributed by atoms with Crippen LogP contribution in [0.2, 0.25) is 0 Å². The van der Waals surface area contributed by atoms with Crippen LogP contribution in [-0.4, -0.2) is 57.5 Å². The van der Waals surface area contributed by atoms with E-state index in [4.69, 9.17) is 5.26 Å². The molecule has 3 heterocycles. The summed E-state index contributed by atoms with van der Waals surface area (Å²) in [5.41, 5.74) is 1.47. The van der Waals surface area contributed by atoms with E-state index in [1.54, 1.807) is 10.7 Å². The summed E-state index contributed by atoms with van der Waals surface area (Å²) in [5, 5.41) is 13.2. The van der Waals surface area contributed by atoms with Crippen LogP contribution < -0.4 is 0 Å². The molecule has 1 aliphatic heterocycles. The van der Waals surface area contributed by atoms with Crippen molar-refractivity contribution < 1.29 is 4.79 Å². The van der Waals surface area contributed by atoms with Gasteiger partial charge in [0.15, 0.2) is 0 Å². The lowest BCUT2D eigenvalue weighted by Crippen LogP contribution is -2.51. The van der Waals surface area contributed by atoms with Gasteiger partial charge in [-0.1, -0.05) is 6.07 Å². The zero-order chi connectivity index (χ0) is 14.8. The number of fused-ring (bicyclic) bond motifs is 1. The van der Waals surface area contributed by atoms with Crippen molar-refractivity contribution in [3.8, 4) is 6.07 Å². The maximum Gasteiger partial charge on any atom is 0.257 e. The summed E-state index contributed by atoms with van der Waals surface area (Å²) >= 11 is 0. The van der Waals surface area contributed by atoms with Gasteiger partial charge in [0, 0.05) is 32.4 Å². The molecule has 1 atom stereocenters. The molecular formula is C15H17N5O. The van der Waals surface area contributed by atoms with Gasteiger partial charge in [-0.3, -0.25) is 9.69 Å². The van der Waals surface area contributed by atoms with Crippen LogP contribution in [0.25, 0.3) is 5.52 Å². The molecule has 0 spiro atoms. The van der Waals surface area contributed by atoms with E-state index in [2.05, 4.69) is 16.1 Å². The zero-order valence-corrected chi connectivity index (χ0v) is 11.9. The summed E-state index contributed by atoms with van der Waals surface area (Å²) in [6.45, 7) is 4.66. The molecule has 3 rings (SSSR count). The molecule has 6 heteroatoms. The maximum absolute atomic E-state index is 12.6. The van der Waals surface area contributed by atoms with Crippen LogP contribution in [0.15, 0.2) is 30.6 Å². The second-order valence-corrected chi connectivity index (χ2v) is 5.22. The highest BCUT2D eigenvalue weighted by molar-refractivity contribution is 6.00. The summed E-state index contributed by atoms with van der Waals surface area (Å²) in [5.74, 6) is 0.0143. The first kappa shape index (κ1) is 13.6. The first-order valence-electron chi connectivity index (χ1n) is 7.06. The van der Waals surface area contributed by atoms with Gasteiger partial charge in [0.2, 0.25) is 0 Å². The summed E-state index contributed by atoms with van der Waals surface area (Å²) in [6, 6.07) is 7.83. The fourth-order valence-corrected chi connectivity index (χ4v) is 2.66. The number of carbonyl (C=O) groups excluding carboxylic acids is 1. The summed E-state index contributed by atoms with van der Waals surface area (Å²) in [4.78, 5) is 16.5. The number of carbonyl (C=O) groups is 1. The minimum atomic E-state index is -0.0979. The van der Waals surface area contributed by atoms with Gasteiger partial charge >= 0.3 is 0 Å². The van der Waals surface area contributed by atoms with Crippen molar-refractivity contribution in [2.45, 2.75) is 13.0 Å². The molecular weight excluding hydrogens is 266 g/mol. The normalized spacial score (nSPS) is 17.6. The van der Waals surface area contributed by atoms with E-state index in [1.165, 1.54) is 0 Å². The Morgan fingerprint density at radius 1 is 1.33 bits per heavy atom. The van der Waals surface area contributed by atoms with Gasteiger partial charge in [0.05, 0.1) is 29.4 Å². The van der Waals surface area contributed by atoms with E-state index in [-0.39, 0.29) is 11.9 Å². The van der Waals surface area contributed by atoms with Crippen LogP contribution in [-0.2, 0) is 0 Å². The molecule has 0 aliphatic carbocycles. The van der Waals surface area contributed by atoms with Gasteiger partial charge in [-0.2, -0.15) is 10.4 Å². The standard InChI is InChI=1S/C15H17N5O/c1-12(10-16)18-6-8-19(9-7-18)15(21)13-11-17-20-5-3-2-4-14(13)20/h2-5,11-12H,6-9H2,1H3. The van der Waals surface area contributed by atoms with Crippen LogP contribution in [0, 0.1) is 11.3 Å². The average Bonchev–Trinajstić information content (AvgIpc) is 2.97. The third-order valence-electron chi connectivity index (χ3n) is 3.99. The molecule has 2 aromatic heterocycles. The molecule has 21 heavy (non-hydrogen) atoms. The molecule has 0 saturated carbocycles. The summed E-state index contributed by atoms with van der Waals surface area (Å²) in [7, 11) is 0. The predicted octanol–water partition coefficient (Wildman–Crippen LogP) is 1.00. The number of rotatable bonds is 2. The number of piperazine rings is 1. The van der Waals surface area contributed by atoms with Crippen molar-refractivity contribution in [3.63, 3.8) is 0 Å². The highest BCUT2D eigenvalue weighted by atomic mass is 16.2. The van der Waals surface area contributed by atoms with Crippen LogP contribution in [0.5, 0.6) is 0 Å². The van der Waals surface area contributed by atoms with Gasteiger partial charge in [-0.15, -0.1) is 0 Å². The molecule has 1 saturated heterocycles. The molecule has 1 amide bonds. The van der Waals surface area contributed by atoms with E-state index in [1.807, 2.05) is 36.2 Å². The van der Waals surface area contributed by atoms with Crippen molar-refractivity contribution in [2.75, 3.05) is 26.2 Å². The molecule has 0 radical (unpaired) electrons. The van der Waals surface area contributed by atoms with Crippen molar-refractivity contribution in [1.82, 2.24) is 19.4 Å². The fourth-order valence-electron chi connectivity index (χ4n) is 2.66. The summed E-state index contributed by atoms with van der Waals surface area (Å²) < 4.78 is 1.71. The van der Waals surface area contributed by atoms with Gasteiger partial charge in [-0.25, -0.2) is 4.52 Å². The van der Waals surface area contributed by atoms with E-state index in [0.717, 1.165) is 18.6 Å². The van der Waals surface area contributed by atoms with Gasteiger partial charge < -0.3 is 4.90 Å². The van der Waals surface area contributed by atoms with Crippen LogP contribution in [0.1, 0.15) is 17.3 Å². The fraction of sp³-hybridized carbons (Fsp3) is 0.400. The van der Waals surface area contributed by atoms with Crippen molar-refractivity contribution in [1.29, 1.82) is 5.26 Å². The number of nitriles is 1. The zero-order valence-electron chi connectivity index (χ0n) is 11.9. The maximum atomic E-state index is 12.6. The summed E-state index contributed by atoms with van der Waals surface area (Å²) in [6.07, 6.45) is 3.46. The number of pyridine rings is 1. The quantitative estimate of drug-likeness (QED) is 0.825. The van der Waals surface area contributed by atoms with Crippen LogP contribution in [0.3, 0.4) is 0 Å². The Kier molecular flexibility index (Phi) is 3.59. The Morgan fingerprint density at radius 3 is 2.81 bits per heavy atom. The highest BCUT2D eigenvalue weighted by Crippen LogP contribution is 2.15. The van der Waals surface area contributed by atoms with Gasteiger partial charge in [0.25, 0.3) is 5.91 Å². The number of amides is 1. The van der Waals surface area contributed by atoms with Crippen LogP contribution >= 0.6 is 0 Å². The molecule has 1 fully saturated rings. The Morgan fingerprint density at radius 2 is 2.10 bits per heavy atom. The molecule has 1 unspecified atom stereocenters. The minimum absolute atomic E-state index is 0.0143. The third kappa shape index (κ3) is 2.48. The van der Waals surface area contributed by atoms with Crippen molar-refractivity contribution in [2.24, 2.45) is 0 Å². The minimum Gasteiger partial charge on any atom is -0.336 e. The predicted molar refractivity (Wildman–Crippen MR) is 77.7 cm³/mol. The molecule has 0 bridgehead atoms. The van der Waals surface area contributed by atoms with Crippen LogP contribution in [0.4, 0.5) is 0 Å². The van der Waals surface area contributed by atoms with Crippen molar-refractivity contribution >= 4 is 11.4 Å². The number of aromatic nitrogens is 2. The monoisotopic (exact) mass is 283 g/mol. The lowest BCUT2D eigenvalue weighted by atomic mass is 10.2. The number of hydrogen-bond donors (Lipinski definition) is 0. The van der Waals surface area contributed by atoms with E-state index < -0.39 is 0 Å². The largest absolute Gasteiger partial charge is 0.336 e. The molecule has 108 valence electrons. The SMILES string of the molecule is CC(C#N)N1CCN(C(=O)c2cnn3ccccc23)CC1. The number of nitrogens with zero attached hydrogens (tertiary/aromatic N) is 5. The molecule has 0 N–H and O–H groups in total. The smallest absolute Gasteiger partial charge is 0.257 e. The van der Waals surface area contributed by atoms with Crippen molar-refractivity contribution in [3.05, 3.63) is 36.2 Å². The Labute approximate surface area is 123 Å². The topological polar surface area (TPSA) is 64.6 Å². The second-order valence-electron chi connectivity index (χ2n) is 5.22. The first-order chi connectivity index (χ1) is 10.2. The Balaban J connectivity index is 1.74. The first-order valence-corrected chi connectivity index (χ1v) is 7.06. The van der Waals surface area contributed by atoms with E-state index in [9.17, 15) is 4.79 Å². The molecule has 1 aliphatic rings. The van der Waals surface area contributed by atoms with Gasteiger partial charge in [0.1, 0.15) is 0 Å². The third-order valence-corrected chi connectivity index (χ3v) is 3.99. The van der Waals surface area contributed by atoms with Gasteiger partial charge in [-0.05, 0) is 19.1 Å². The van der Waals surface area contributed by atoms with E-state index >= 15 is 0 Å². The van der Waals surface area contributed by atoms with E-state index in [0.29, 0.717) is 18.7 Å². The Hall–Kier alpha value is -2.39. The lowest BCUT2D eigenvalue weighted by Gasteiger charge is -2.35. The lowest BCUT2D eigenvalue weighted by molar-refractivity contribution is 0.0617. The average molecular weight is 283 g/mol. The number of hydrogen-bond acceptors (Lipinski definition) is 4. The second kappa shape index (κ2) is 5.54. The molecule has 0 aromatic carbocycles. The molecule has 2 aromatic rings.